The van der Waals surface area contributed by atoms with Crippen molar-refractivity contribution in [2.45, 2.75) is 6.61 Å². The first-order valence-electron chi connectivity index (χ1n) is 5.60. The van der Waals surface area contributed by atoms with Crippen molar-refractivity contribution in [1.29, 1.82) is 0 Å². The fraction of sp³-hybridized carbons (Fsp3) is 0.143. The summed E-state index contributed by atoms with van der Waals surface area (Å²) in [6.45, 7) is 0.353. The van der Waals surface area contributed by atoms with Crippen LogP contribution in [0.25, 0.3) is 0 Å². The van der Waals surface area contributed by atoms with Gasteiger partial charge in [0.05, 0.1) is 12.8 Å². The monoisotopic (exact) mass is 325 g/mol. The molecule has 0 aliphatic rings. The molecule has 100 valence electrons. The van der Waals surface area contributed by atoms with E-state index in [2.05, 4.69) is 15.9 Å². The topological polar surface area (TPSA) is 44.5 Å². The molecule has 0 atom stereocenters. The quantitative estimate of drug-likeness (QED) is 0.870. The van der Waals surface area contributed by atoms with E-state index >= 15 is 0 Å². The van der Waals surface area contributed by atoms with Crippen LogP contribution in [0.4, 0.5) is 10.1 Å². The van der Waals surface area contributed by atoms with Gasteiger partial charge in [-0.05, 0) is 17.7 Å². The number of benzene rings is 2. The van der Waals surface area contributed by atoms with Gasteiger partial charge >= 0.3 is 0 Å². The predicted octanol–water partition coefficient (Wildman–Crippen LogP) is 3.76. The fourth-order valence-corrected chi connectivity index (χ4v) is 1.84. The zero-order valence-electron chi connectivity index (χ0n) is 10.3. The molecule has 0 saturated carbocycles. The number of methoxy groups -OCH3 is 1. The van der Waals surface area contributed by atoms with E-state index in [1.54, 1.807) is 0 Å². The smallest absolute Gasteiger partial charge is 0.167 e. The van der Waals surface area contributed by atoms with Crippen molar-refractivity contribution in [3.63, 3.8) is 0 Å². The Balaban J connectivity index is 2.13. The lowest BCUT2D eigenvalue weighted by atomic mass is 10.2. The molecule has 0 heterocycles. The van der Waals surface area contributed by atoms with Gasteiger partial charge in [0.1, 0.15) is 12.4 Å². The highest BCUT2D eigenvalue weighted by atomic mass is 79.9. The van der Waals surface area contributed by atoms with Gasteiger partial charge in [-0.3, -0.25) is 0 Å². The minimum absolute atomic E-state index is 0.111. The van der Waals surface area contributed by atoms with Crippen LogP contribution < -0.4 is 15.2 Å². The van der Waals surface area contributed by atoms with Gasteiger partial charge in [-0.2, -0.15) is 0 Å². The molecule has 0 unspecified atom stereocenters. The van der Waals surface area contributed by atoms with Crippen LogP contribution in [-0.4, -0.2) is 7.11 Å². The van der Waals surface area contributed by atoms with E-state index < -0.39 is 5.82 Å². The SMILES string of the molecule is COc1cc(OCc2ccc(Br)cc2)c(N)cc1F. The number of nitrogens with two attached hydrogens (primary N) is 1. The fourth-order valence-electron chi connectivity index (χ4n) is 1.57. The van der Waals surface area contributed by atoms with Crippen LogP contribution in [0, 0.1) is 5.82 Å². The molecule has 0 aromatic heterocycles. The number of ether oxygens (including phenoxy) is 2. The summed E-state index contributed by atoms with van der Waals surface area (Å²) in [7, 11) is 1.40. The minimum atomic E-state index is -0.504. The highest BCUT2D eigenvalue weighted by Gasteiger charge is 2.09. The Bertz CT molecular complexity index is 572. The van der Waals surface area contributed by atoms with Crippen LogP contribution >= 0.6 is 15.9 Å². The van der Waals surface area contributed by atoms with Crippen molar-refractivity contribution in [2.75, 3.05) is 12.8 Å². The Morgan fingerprint density at radius 2 is 1.84 bits per heavy atom. The van der Waals surface area contributed by atoms with Crippen LogP contribution in [0.5, 0.6) is 11.5 Å². The third kappa shape index (κ3) is 3.38. The van der Waals surface area contributed by atoms with Crippen molar-refractivity contribution in [3.05, 3.63) is 52.3 Å². The minimum Gasteiger partial charge on any atom is -0.494 e. The summed E-state index contributed by atoms with van der Waals surface area (Å²) < 4.78 is 24.8. The van der Waals surface area contributed by atoms with Gasteiger partial charge in [-0.25, -0.2) is 4.39 Å². The van der Waals surface area contributed by atoms with Crippen molar-refractivity contribution in [2.24, 2.45) is 0 Å². The number of hydrogen-bond acceptors (Lipinski definition) is 3. The summed E-state index contributed by atoms with van der Waals surface area (Å²) in [5.74, 6) is 0.0113. The number of anilines is 1. The zero-order chi connectivity index (χ0) is 13.8. The highest BCUT2D eigenvalue weighted by Crippen LogP contribution is 2.30. The summed E-state index contributed by atoms with van der Waals surface area (Å²) in [6.07, 6.45) is 0. The van der Waals surface area contributed by atoms with Crippen LogP contribution in [0.3, 0.4) is 0 Å². The van der Waals surface area contributed by atoms with Crippen LogP contribution in [0.1, 0.15) is 5.56 Å². The molecular formula is C14H13BrFNO2. The van der Waals surface area contributed by atoms with E-state index in [4.69, 9.17) is 15.2 Å². The molecule has 0 fully saturated rings. The van der Waals surface area contributed by atoms with Crippen molar-refractivity contribution in [1.82, 2.24) is 0 Å². The average Bonchev–Trinajstić information content (AvgIpc) is 2.40. The molecule has 2 aromatic rings. The first-order valence-corrected chi connectivity index (χ1v) is 6.39. The molecule has 0 radical (unpaired) electrons. The normalized spacial score (nSPS) is 10.3. The molecule has 2 N–H and O–H groups in total. The van der Waals surface area contributed by atoms with Gasteiger partial charge in [0, 0.05) is 16.6 Å². The van der Waals surface area contributed by atoms with E-state index in [0.29, 0.717) is 12.4 Å². The third-order valence-electron chi connectivity index (χ3n) is 2.59. The van der Waals surface area contributed by atoms with Crippen molar-refractivity contribution >= 4 is 21.6 Å². The van der Waals surface area contributed by atoms with E-state index in [1.165, 1.54) is 19.2 Å². The van der Waals surface area contributed by atoms with Crippen LogP contribution in [0.15, 0.2) is 40.9 Å². The van der Waals surface area contributed by atoms with E-state index in [9.17, 15) is 4.39 Å². The maximum atomic E-state index is 13.4. The summed E-state index contributed by atoms with van der Waals surface area (Å²) in [6, 6.07) is 10.3. The first-order chi connectivity index (χ1) is 9.10. The van der Waals surface area contributed by atoms with Gasteiger partial charge in [0.2, 0.25) is 0 Å². The molecule has 0 saturated heterocycles. The summed E-state index contributed by atoms with van der Waals surface area (Å²) in [5.41, 5.74) is 6.94. The van der Waals surface area contributed by atoms with Crippen LogP contribution in [-0.2, 0) is 6.61 Å². The lowest BCUT2D eigenvalue weighted by Crippen LogP contribution is -2.00. The molecule has 5 heteroatoms. The van der Waals surface area contributed by atoms with E-state index in [0.717, 1.165) is 10.0 Å². The number of hydrogen-bond donors (Lipinski definition) is 1. The molecule has 0 bridgehead atoms. The molecule has 0 aliphatic carbocycles. The van der Waals surface area contributed by atoms with Crippen LogP contribution in [0.2, 0.25) is 0 Å². The second-order valence-corrected chi connectivity index (χ2v) is 4.86. The second kappa shape index (κ2) is 5.93. The number of rotatable bonds is 4. The largest absolute Gasteiger partial charge is 0.494 e. The molecule has 0 spiro atoms. The van der Waals surface area contributed by atoms with Crippen molar-refractivity contribution < 1.29 is 13.9 Å². The summed E-state index contributed by atoms with van der Waals surface area (Å²) in [4.78, 5) is 0. The maximum absolute atomic E-state index is 13.4. The molecular weight excluding hydrogens is 313 g/mol. The van der Waals surface area contributed by atoms with Gasteiger partial charge < -0.3 is 15.2 Å². The highest BCUT2D eigenvalue weighted by molar-refractivity contribution is 9.10. The Hall–Kier alpha value is -1.75. The van der Waals surface area contributed by atoms with Crippen molar-refractivity contribution in [3.8, 4) is 11.5 Å². The molecule has 19 heavy (non-hydrogen) atoms. The van der Waals surface area contributed by atoms with Gasteiger partial charge in [-0.15, -0.1) is 0 Å². The Morgan fingerprint density at radius 3 is 2.47 bits per heavy atom. The summed E-state index contributed by atoms with van der Waals surface area (Å²) in [5, 5.41) is 0. The maximum Gasteiger partial charge on any atom is 0.167 e. The lowest BCUT2D eigenvalue weighted by Gasteiger charge is -2.11. The number of halogens is 2. The third-order valence-corrected chi connectivity index (χ3v) is 3.12. The standard InChI is InChI=1S/C14H13BrFNO2/c1-18-13-7-14(12(17)6-11(13)16)19-8-9-2-4-10(15)5-3-9/h2-7H,8,17H2,1H3. The molecule has 3 nitrogen and oxygen atoms in total. The van der Waals surface area contributed by atoms with E-state index in [1.807, 2.05) is 24.3 Å². The lowest BCUT2D eigenvalue weighted by molar-refractivity contribution is 0.303. The summed E-state index contributed by atoms with van der Waals surface area (Å²) >= 11 is 3.36. The predicted molar refractivity (Wildman–Crippen MR) is 75.8 cm³/mol. The Morgan fingerprint density at radius 1 is 1.16 bits per heavy atom. The zero-order valence-corrected chi connectivity index (χ0v) is 11.9. The molecule has 2 rings (SSSR count). The van der Waals surface area contributed by atoms with E-state index in [-0.39, 0.29) is 11.4 Å². The average molecular weight is 326 g/mol. The van der Waals surface area contributed by atoms with Gasteiger partial charge in [-0.1, -0.05) is 28.1 Å². The molecule has 0 aliphatic heterocycles. The molecule has 2 aromatic carbocycles. The molecule has 0 amide bonds. The Kier molecular flexibility index (Phi) is 4.27. The van der Waals surface area contributed by atoms with Gasteiger partial charge in [0.15, 0.2) is 11.6 Å². The Labute approximate surface area is 119 Å². The first kappa shape index (κ1) is 13.7. The second-order valence-electron chi connectivity index (χ2n) is 3.94. The van der Waals surface area contributed by atoms with Gasteiger partial charge in [0.25, 0.3) is 0 Å². The number of nitrogen functional groups attached to an aromatic ring is 1.